The summed E-state index contributed by atoms with van der Waals surface area (Å²) in [6.07, 6.45) is 0. The van der Waals surface area contributed by atoms with Crippen molar-refractivity contribution in [2.24, 2.45) is 5.41 Å². The number of benzene rings is 1. The van der Waals surface area contributed by atoms with Gasteiger partial charge in [0, 0.05) is 0 Å². The van der Waals surface area contributed by atoms with Crippen LogP contribution in [0.5, 0.6) is 5.75 Å². The Morgan fingerprint density at radius 2 is 1.78 bits per heavy atom. The molecule has 0 spiro atoms. The van der Waals surface area contributed by atoms with Crippen molar-refractivity contribution < 1.29 is 19.0 Å². The number of hydrogen-bond acceptors (Lipinski definition) is 3. The van der Waals surface area contributed by atoms with Crippen LogP contribution in [0.15, 0.2) is 18.2 Å². The van der Waals surface area contributed by atoms with E-state index in [4.69, 9.17) is 4.74 Å². The number of carbonyl (C=O) groups excluding carboxylic acids is 1. The zero-order chi connectivity index (χ0) is 14.1. The first kappa shape index (κ1) is 14.5. The predicted octanol–water partition coefficient (Wildman–Crippen LogP) is 3.36. The van der Waals surface area contributed by atoms with Crippen LogP contribution in [-0.4, -0.2) is 11.1 Å². The van der Waals surface area contributed by atoms with Gasteiger partial charge in [0.2, 0.25) is 0 Å². The number of carbonyl (C=O) groups is 1. The second kappa shape index (κ2) is 4.59. The molecule has 0 amide bonds. The molecule has 0 aromatic heterocycles. The van der Waals surface area contributed by atoms with Crippen molar-refractivity contribution >= 4 is 5.97 Å². The van der Waals surface area contributed by atoms with Crippen molar-refractivity contribution in [3.63, 3.8) is 0 Å². The Labute approximate surface area is 107 Å². The molecule has 0 saturated carbocycles. The number of aromatic hydroxyl groups is 1. The Hall–Kier alpha value is -1.58. The maximum absolute atomic E-state index is 13.0. The largest absolute Gasteiger partial charge is 0.505 e. The number of phenols is 1. The Bertz CT molecular complexity index is 459. The minimum atomic E-state index is -0.921. The van der Waals surface area contributed by atoms with Gasteiger partial charge in [-0.15, -0.1) is 0 Å². The molecule has 0 radical (unpaired) electrons. The van der Waals surface area contributed by atoms with Crippen molar-refractivity contribution in [3.8, 4) is 5.75 Å². The van der Waals surface area contributed by atoms with Crippen LogP contribution in [0.3, 0.4) is 0 Å². The monoisotopic (exact) mass is 254 g/mol. The van der Waals surface area contributed by atoms with Crippen LogP contribution < -0.4 is 0 Å². The minimum absolute atomic E-state index is 0.351. The van der Waals surface area contributed by atoms with Crippen molar-refractivity contribution in [1.29, 1.82) is 0 Å². The summed E-state index contributed by atoms with van der Waals surface area (Å²) in [5, 5.41) is 9.34. The average Bonchev–Trinajstić information content (AvgIpc) is 2.19. The highest BCUT2D eigenvalue weighted by Crippen LogP contribution is 2.31. The molecule has 0 unspecified atom stereocenters. The minimum Gasteiger partial charge on any atom is -0.505 e. The van der Waals surface area contributed by atoms with E-state index < -0.39 is 22.6 Å². The Balaban J connectivity index is 2.99. The number of hydrogen-bond donors (Lipinski definition) is 1. The quantitative estimate of drug-likeness (QED) is 0.823. The highest BCUT2D eigenvalue weighted by Gasteiger charge is 2.32. The lowest BCUT2D eigenvalue weighted by Crippen LogP contribution is -2.32. The maximum Gasteiger partial charge on any atom is 0.312 e. The number of esters is 1. The van der Waals surface area contributed by atoms with Gasteiger partial charge in [0.05, 0.1) is 5.41 Å². The van der Waals surface area contributed by atoms with E-state index >= 15 is 0 Å². The maximum atomic E-state index is 13.0. The standard InChI is InChI=1S/C14H19FO3/c1-13(2,3)12(17)18-14(4,5)9-6-7-10(15)11(16)8-9/h6-8,16H,1-5H3. The van der Waals surface area contributed by atoms with Gasteiger partial charge in [-0.2, -0.15) is 0 Å². The van der Waals surface area contributed by atoms with E-state index in [1.807, 2.05) is 0 Å². The molecule has 0 fully saturated rings. The summed E-state index contributed by atoms with van der Waals surface area (Å²) in [5.74, 6) is -1.50. The van der Waals surface area contributed by atoms with Crippen LogP contribution in [0.25, 0.3) is 0 Å². The van der Waals surface area contributed by atoms with Crippen molar-refractivity contribution in [1.82, 2.24) is 0 Å². The van der Waals surface area contributed by atoms with Gasteiger partial charge in [0.1, 0.15) is 5.60 Å². The van der Waals surface area contributed by atoms with E-state index in [1.165, 1.54) is 12.1 Å². The second-order valence-corrected chi connectivity index (χ2v) is 5.82. The molecule has 3 nitrogen and oxygen atoms in total. The summed E-state index contributed by atoms with van der Waals surface area (Å²) < 4.78 is 18.4. The third-order valence-corrected chi connectivity index (χ3v) is 2.60. The van der Waals surface area contributed by atoms with Gasteiger partial charge in [0.25, 0.3) is 0 Å². The highest BCUT2D eigenvalue weighted by molar-refractivity contribution is 5.76. The van der Waals surface area contributed by atoms with Crippen LogP contribution in [0.2, 0.25) is 0 Å². The average molecular weight is 254 g/mol. The molecule has 1 rings (SSSR count). The molecule has 0 atom stereocenters. The molecule has 0 bridgehead atoms. The lowest BCUT2D eigenvalue weighted by atomic mass is 9.94. The van der Waals surface area contributed by atoms with Crippen LogP contribution in [-0.2, 0) is 15.1 Å². The summed E-state index contributed by atoms with van der Waals surface area (Å²) in [5.41, 5.74) is -0.992. The van der Waals surface area contributed by atoms with Gasteiger partial charge in [-0.05, 0) is 52.3 Å². The molecular formula is C14H19FO3. The molecule has 1 aromatic carbocycles. The normalized spacial score (nSPS) is 12.3. The molecule has 4 heteroatoms. The van der Waals surface area contributed by atoms with Crippen LogP contribution in [0.1, 0.15) is 40.2 Å². The Morgan fingerprint density at radius 1 is 1.22 bits per heavy atom. The van der Waals surface area contributed by atoms with E-state index in [-0.39, 0.29) is 5.97 Å². The molecule has 0 heterocycles. The number of halogens is 1. The summed E-state index contributed by atoms with van der Waals surface area (Å²) in [7, 11) is 0. The molecular weight excluding hydrogens is 235 g/mol. The van der Waals surface area contributed by atoms with Gasteiger partial charge in [-0.1, -0.05) is 6.07 Å². The van der Waals surface area contributed by atoms with Gasteiger partial charge in [0.15, 0.2) is 11.6 Å². The number of phenolic OH excluding ortho intramolecular Hbond substituents is 1. The SMILES string of the molecule is CC(C)(C)C(=O)OC(C)(C)c1ccc(F)c(O)c1. The molecule has 1 N–H and O–H groups in total. The smallest absolute Gasteiger partial charge is 0.312 e. The molecule has 1 aromatic rings. The molecule has 18 heavy (non-hydrogen) atoms. The lowest BCUT2D eigenvalue weighted by molar-refractivity contribution is -0.167. The zero-order valence-electron chi connectivity index (χ0n) is 11.4. The van der Waals surface area contributed by atoms with Crippen molar-refractivity contribution in [3.05, 3.63) is 29.6 Å². The van der Waals surface area contributed by atoms with Crippen LogP contribution in [0, 0.1) is 11.2 Å². The number of rotatable bonds is 2. The van der Waals surface area contributed by atoms with Crippen LogP contribution >= 0.6 is 0 Å². The van der Waals surface area contributed by atoms with Crippen molar-refractivity contribution in [2.45, 2.75) is 40.2 Å². The van der Waals surface area contributed by atoms with E-state index in [0.29, 0.717) is 5.56 Å². The second-order valence-electron chi connectivity index (χ2n) is 5.82. The first-order valence-corrected chi connectivity index (χ1v) is 5.76. The predicted molar refractivity (Wildman–Crippen MR) is 66.6 cm³/mol. The first-order valence-electron chi connectivity index (χ1n) is 5.76. The lowest BCUT2D eigenvalue weighted by Gasteiger charge is -2.29. The Morgan fingerprint density at radius 3 is 2.22 bits per heavy atom. The zero-order valence-corrected chi connectivity index (χ0v) is 11.4. The summed E-state index contributed by atoms with van der Waals surface area (Å²) in [6, 6.07) is 3.91. The van der Waals surface area contributed by atoms with Gasteiger partial charge in [-0.3, -0.25) is 4.79 Å². The molecule has 0 saturated heterocycles. The highest BCUT2D eigenvalue weighted by atomic mass is 19.1. The summed E-state index contributed by atoms with van der Waals surface area (Å²) in [6.45, 7) is 8.67. The summed E-state index contributed by atoms with van der Waals surface area (Å²) in [4.78, 5) is 11.8. The third kappa shape index (κ3) is 3.22. The first-order chi connectivity index (χ1) is 8.04. The molecule has 0 aliphatic heterocycles. The van der Waals surface area contributed by atoms with Gasteiger partial charge >= 0.3 is 5.97 Å². The fourth-order valence-corrected chi connectivity index (χ4v) is 1.33. The van der Waals surface area contributed by atoms with Crippen molar-refractivity contribution in [2.75, 3.05) is 0 Å². The Kier molecular flexibility index (Phi) is 3.70. The fourth-order valence-electron chi connectivity index (χ4n) is 1.33. The van der Waals surface area contributed by atoms with Gasteiger partial charge < -0.3 is 9.84 Å². The number of ether oxygens (including phenoxy) is 1. The van der Waals surface area contributed by atoms with Gasteiger partial charge in [-0.25, -0.2) is 4.39 Å². The molecule has 0 aliphatic rings. The molecule has 0 aliphatic carbocycles. The fraction of sp³-hybridized carbons (Fsp3) is 0.500. The summed E-state index contributed by atoms with van der Waals surface area (Å²) >= 11 is 0. The van der Waals surface area contributed by atoms with Crippen LogP contribution in [0.4, 0.5) is 4.39 Å². The third-order valence-electron chi connectivity index (χ3n) is 2.60. The topological polar surface area (TPSA) is 46.5 Å². The van der Waals surface area contributed by atoms with E-state index in [1.54, 1.807) is 34.6 Å². The van der Waals surface area contributed by atoms with E-state index in [2.05, 4.69) is 0 Å². The van der Waals surface area contributed by atoms with E-state index in [0.717, 1.165) is 6.07 Å². The molecule has 100 valence electrons. The van der Waals surface area contributed by atoms with E-state index in [9.17, 15) is 14.3 Å².